The van der Waals surface area contributed by atoms with Gasteiger partial charge in [-0.1, -0.05) is 0 Å². The maximum Gasteiger partial charge on any atom is 0.262 e. The van der Waals surface area contributed by atoms with E-state index in [0.717, 1.165) is 4.47 Å². The quantitative estimate of drug-likeness (QED) is 0.867. The van der Waals surface area contributed by atoms with E-state index in [1.165, 1.54) is 11.3 Å². The van der Waals surface area contributed by atoms with E-state index in [-0.39, 0.29) is 18.4 Å². The smallest absolute Gasteiger partial charge is 0.262 e. The van der Waals surface area contributed by atoms with Gasteiger partial charge in [-0.25, -0.2) is 0 Å². The molecule has 1 saturated heterocycles. The SMILES string of the molecule is NC(=O)C1(CNC(=O)c2sccc2Br)CCOCC1. The zero-order valence-electron chi connectivity index (χ0n) is 10.3. The first-order valence-corrected chi connectivity index (χ1v) is 7.61. The molecule has 0 spiro atoms. The summed E-state index contributed by atoms with van der Waals surface area (Å²) in [6, 6.07) is 1.82. The zero-order chi connectivity index (χ0) is 13.9. The topological polar surface area (TPSA) is 81.4 Å². The van der Waals surface area contributed by atoms with Crippen LogP contribution in [-0.2, 0) is 9.53 Å². The predicted octanol–water partition coefficient (Wildman–Crippen LogP) is 1.52. The van der Waals surface area contributed by atoms with Crippen LogP contribution >= 0.6 is 27.3 Å². The van der Waals surface area contributed by atoms with Crippen molar-refractivity contribution in [3.63, 3.8) is 0 Å². The number of hydrogen-bond donors (Lipinski definition) is 2. The van der Waals surface area contributed by atoms with Crippen LogP contribution in [0, 0.1) is 5.41 Å². The number of carbonyl (C=O) groups is 2. The van der Waals surface area contributed by atoms with Crippen LogP contribution in [0.25, 0.3) is 0 Å². The Labute approximate surface area is 123 Å². The second-order valence-corrected chi connectivity index (χ2v) is 6.31. The van der Waals surface area contributed by atoms with E-state index in [9.17, 15) is 9.59 Å². The van der Waals surface area contributed by atoms with Gasteiger partial charge in [-0.2, -0.15) is 0 Å². The lowest BCUT2D eigenvalue weighted by atomic mass is 9.79. The Morgan fingerprint density at radius 2 is 2.16 bits per heavy atom. The lowest BCUT2D eigenvalue weighted by Gasteiger charge is -2.34. The van der Waals surface area contributed by atoms with Gasteiger partial charge in [-0.3, -0.25) is 9.59 Å². The summed E-state index contributed by atoms with van der Waals surface area (Å²) in [4.78, 5) is 24.3. The second kappa shape index (κ2) is 6.02. The van der Waals surface area contributed by atoms with Crippen LogP contribution in [0.1, 0.15) is 22.5 Å². The van der Waals surface area contributed by atoms with Gasteiger partial charge in [0.1, 0.15) is 4.88 Å². The number of nitrogens with one attached hydrogen (secondary N) is 1. The lowest BCUT2D eigenvalue weighted by Crippen LogP contribution is -2.49. The third kappa shape index (κ3) is 3.16. The van der Waals surface area contributed by atoms with Gasteiger partial charge in [0, 0.05) is 24.2 Å². The third-order valence-electron chi connectivity index (χ3n) is 3.38. The molecule has 0 atom stereocenters. The minimum Gasteiger partial charge on any atom is -0.381 e. The molecule has 0 unspecified atom stereocenters. The average molecular weight is 347 g/mol. The van der Waals surface area contributed by atoms with Crippen LogP contribution in [0.3, 0.4) is 0 Å². The molecule has 0 bridgehead atoms. The number of primary amides is 1. The molecule has 7 heteroatoms. The van der Waals surface area contributed by atoms with Crippen molar-refractivity contribution in [2.24, 2.45) is 11.1 Å². The Hall–Kier alpha value is -0.920. The summed E-state index contributed by atoms with van der Waals surface area (Å²) in [5.41, 5.74) is 4.80. The minimum absolute atomic E-state index is 0.186. The first kappa shape index (κ1) is 14.5. The van der Waals surface area contributed by atoms with E-state index >= 15 is 0 Å². The summed E-state index contributed by atoms with van der Waals surface area (Å²) >= 11 is 4.66. The normalized spacial score (nSPS) is 17.9. The van der Waals surface area contributed by atoms with Crippen molar-refractivity contribution in [3.05, 3.63) is 20.8 Å². The molecule has 1 aliphatic heterocycles. The number of amides is 2. The third-order valence-corrected chi connectivity index (χ3v) is 5.22. The molecule has 0 saturated carbocycles. The van der Waals surface area contributed by atoms with Gasteiger partial charge < -0.3 is 15.8 Å². The Kier molecular flexibility index (Phi) is 4.59. The van der Waals surface area contributed by atoms with Crippen LogP contribution in [0.4, 0.5) is 0 Å². The summed E-state index contributed by atoms with van der Waals surface area (Å²) in [5.74, 6) is -0.560. The van der Waals surface area contributed by atoms with Crippen LogP contribution in [-0.4, -0.2) is 31.6 Å². The Bertz CT molecular complexity index is 483. The van der Waals surface area contributed by atoms with Crippen molar-refractivity contribution in [1.82, 2.24) is 5.32 Å². The summed E-state index contributed by atoms with van der Waals surface area (Å²) in [6.45, 7) is 1.26. The van der Waals surface area contributed by atoms with Crippen molar-refractivity contribution in [2.45, 2.75) is 12.8 Å². The fraction of sp³-hybridized carbons (Fsp3) is 0.500. The first-order valence-electron chi connectivity index (χ1n) is 5.94. The molecule has 19 heavy (non-hydrogen) atoms. The Balaban J connectivity index is 2.02. The number of ether oxygens (including phenoxy) is 1. The maximum absolute atomic E-state index is 12.0. The lowest BCUT2D eigenvalue weighted by molar-refractivity contribution is -0.132. The molecular weight excluding hydrogens is 332 g/mol. The van der Waals surface area contributed by atoms with Gasteiger partial charge in [0.25, 0.3) is 5.91 Å². The number of thiophene rings is 1. The van der Waals surface area contributed by atoms with Crippen LogP contribution in [0.2, 0.25) is 0 Å². The van der Waals surface area contributed by atoms with E-state index in [1.807, 2.05) is 11.4 Å². The van der Waals surface area contributed by atoms with Crippen molar-refractivity contribution >= 4 is 39.1 Å². The molecule has 1 aromatic heterocycles. The molecule has 1 aliphatic rings. The molecule has 2 amide bonds. The van der Waals surface area contributed by atoms with Gasteiger partial charge in [0.2, 0.25) is 5.91 Å². The molecule has 104 valence electrons. The molecule has 3 N–H and O–H groups in total. The highest BCUT2D eigenvalue weighted by Crippen LogP contribution is 2.30. The summed E-state index contributed by atoms with van der Waals surface area (Å²) in [7, 11) is 0. The van der Waals surface area contributed by atoms with Crippen molar-refractivity contribution in [2.75, 3.05) is 19.8 Å². The van der Waals surface area contributed by atoms with Gasteiger partial charge in [-0.05, 0) is 40.2 Å². The van der Waals surface area contributed by atoms with Gasteiger partial charge >= 0.3 is 0 Å². The fourth-order valence-corrected chi connectivity index (χ4v) is 3.53. The molecule has 1 fully saturated rings. The van der Waals surface area contributed by atoms with E-state index in [0.29, 0.717) is 30.9 Å². The van der Waals surface area contributed by atoms with Crippen molar-refractivity contribution in [1.29, 1.82) is 0 Å². The highest BCUT2D eigenvalue weighted by atomic mass is 79.9. The second-order valence-electron chi connectivity index (χ2n) is 4.54. The van der Waals surface area contributed by atoms with E-state index in [1.54, 1.807) is 0 Å². The molecule has 1 aromatic rings. The first-order chi connectivity index (χ1) is 9.05. The highest BCUT2D eigenvalue weighted by molar-refractivity contribution is 9.10. The molecule has 5 nitrogen and oxygen atoms in total. The Morgan fingerprint density at radius 1 is 1.47 bits per heavy atom. The van der Waals surface area contributed by atoms with Crippen LogP contribution in [0.15, 0.2) is 15.9 Å². The summed E-state index contributed by atoms with van der Waals surface area (Å²) < 4.78 is 6.01. The molecule has 2 rings (SSSR count). The van der Waals surface area contributed by atoms with E-state index in [4.69, 9.17) is 10.5 Å². The van der Waals surface area contributed by atoms with Gasteiger partial charge in [0.15, 0.2) is 0 Å². The molecular formula is C12H15BrN2O3S. The van der Waals surface area contributed by atoms with Crippen molar-refractivity contribution in [3.8, 4) is 0 Å². The highest BCUT2D eigenvalue weighted by Gasteiger charge is 2.38. The number of carbonyl (C=O) groups excluding carboxylic acids is 2. The standard InChI is InChI=1S/C12H15BrN2O3S/c13-8-1-6-19-9(8)10(16)15-7-12(11(14)17)2-4-18-5-3-12/h1,6H,2-5,7H2,(H2,14,17)(H,15,16). The monoisotopic (exact) mass is 346 g/mol. The molecule has 2 heterocycles. The number of nitrogens with two attached hydrogens (primary N) is 1. The number of rotatable bonds is 4. The van der Waals surface area contributed by atoms with Gasteiger partial charge in [-0.15, -0.1) is 11.3 Å². The average Bonchev–Trinajstić information content (AvgIpc) is 2.83. The van der Waals surface area contributed by atoms with Crippen LogP contribution < -0.4 is 11.1 Å². The Morgan fingerprint density at radius 3 is 2.68 bits per heavy atom. The van der Waals surface area contributed by atoms with Crippen molar-refractivity contribution < 1.29 is 14.3 Å². The maximum atomic E-state index is 12.0. The van der Waals surface area contributed by atoms with E-state index < -0.39 is 5.41 Å². The fourth-order valence-electron chi connectivity index (χ4n) is 2.06. The van der Waals surface area contributed by atoms with Gasteiger partial charge in [0.05, 0.1) is 5.41 Å². The molecule has 0 aliphatic carbocycles. The minimum atomic E-state index is -0.683. The predicted molar refractivity (Wildman–Crippen MR) is 76.0 cm³/mol. The van der Waals surface area contributed by atoms with E-state index in [2.05, 4.69) is 21.2 Å². The largest absolute Gasteiger partial charge is 0.381 e. The molecule has 0 aromatic carbocycles. The number of halogens is 1. The zero-order valence-corrected chi connectivity index (χ0v) is 12.7. The van der Waals surface area contributed by atoms with Crippen LogP contribution in [0.5, 0.6) is 0 Å². The summed E-state index contributed by atoms with van der Waals surface area (Å²) in [5, 5.41) is 4.63. The number of hydrogen-bond acceptors (Lipinski definition) is 4. The summed E-state index contributed by atoms with van der Waals surface area (Å²) in [6.07, 6.45) is 1.10. The molecule has 0 radical (unpaired) electrons.